The number of aryl methyl sites for hydroxylation is 2. The summed E-state index contributed by atoms with van der Waals surface area (Å²) in [6.07, 6.45) is 0. The number of nitrogens with one attached hydrogen (secondary N) is 1. The zero-order valence-corrected chi connectivity index (χ0v) is 14.8. The summed E-state index contributed by atoms with van der Waals surface area (Å²) in [5.74, 6) is -0.187. The van der Waals surface area contributed by atoms with E-state index < -0.39 is 0 Å². The second-order valence-electron chi connectivity index (χ2n) is 4.87. The molecule has 1 atom stereocenters. The summed E-state index contributed by atoms with van der Waals surface area (Å²) < 4.78 is 16.2. The molecule has 0 amide bonds. The topological polar surface area (TPSA) is 12.0 Å². The maximum absolute atomic E-state index is 14.2. The molecule has 0 spiro atoms. The molecule has 0 fully saturated rings. The Morgan fingerprint density at radius 2 is 1.70 bits per heavy atom. The Bertz CT molecular complexity index is 641. The summed E-state index contributed by atoms with van der Waals surface area (Å²) in [6.45, 7) is 3.92. The first-order valence-corrected chi connectivity index (χ1v) is 7.91. The third-order valence-corrected chi connectivity index (χ3v) is 4.89. The van der Waals surface area contributed by atoms with Crippen molar-refractivity contribution in [3.05, 3.63) is 67.3 Å². The SMILES string of the molecule is CNC(c1ccc(C)cc1F)c1cc(Br)c(C)cc1Br. The van der Waals surface area contributed by atoms with E-state index in [0.29, 0.717) is 5.56 Å². The van der Waals surface area contributed by atoms with Crippen molar-refractivity contribution < 1.29 is 4.39 Å². The minimum atomic E-state index is -0.193. The van der Waals surface area contributed by atoms with Crippen LogP contribution >= 0.6 is 31.9 Å². The molecule has 0 saturated carbocycles. The second-order valence-corrected chi connectivity index (χ2v) is 6.58. The Kier molecular flexibility index (Phi) is 4.99. The molecule has 0 saturated heterocycles. The smallest absolute Gasteiger partial charge is 0.128 e. The van der Waals surface area contributed by atoms with Gasteiger partial charge in [0.25, 0.3) is 0 Å². The van der Waals surface area contributed by atoms with Crippen molar-refractivity contribution in [3.63, 3.8) is 0 Å². The van der Waals surface area contributed by atoms with Gasteiger partial charge in [-0.25, -0.2) is 4.39 Å². The van der Waals surface area contributed by atoms with Gasteiger partial charge in [0.1, 0.15) is 5.82 Å². The highest BCUT2D eigenvalue weighted by atomic mass is 79.9. The highest BCUT2D eigenvalue weighted by Crippen LogP contribution is 2.33. The Morgan fingerprint density at radius 1 is 1.00 bits per heavy atom. The lowest BCUT2D eigenvalue weighted by Crippen LogP contribution is -2.19. The fourth-order valence-electron chi connectivity index (χ4n) is 2.23. The Balaban J connectivity index is 2.55. The van der Waals surface area contributed by atoms with E-state index in [0.717, 1.165) is 25.6 Å². The number of benzene rings is 2. The number of rotatable bonds is 3. The standard InChI is InChI=1S/C16H16Br2FN/c1-9-4-5-11(15(19)6-9)16(20-3)12-8-13(17)10(2)7-14(12)18/h4-8,16,20H,1-3H3. The molecule has 2 rings (SSSR count). The maximum Gasteiger partial charge on any atom is 0.128 e. The summed E-state index contributed by atoms with van der Waals surface area (Å²) in [4.78, 5) is 0. The lowest BCUT2D eigenvalue weighted by Gasteiger charge is -2.20. The number of hydrogen-bond acceptors (Lipinski definition) is 1. The van der Waals surface area contributed by atoms with Crippen LogP contribution in [0.25, 0.3) is 0 Å². The van der Waals surface area contributed by atoms with Crippen molar-refractivity contribution in [2.45, 2.75) is 19.9 Å². The maximum atomic E-state index is 14.2. The van der Waals surface area contributed by atoms with Gasteiger partial charge in [-0.3, -0.25) is 0 Å². The van der Waals surface area contributed by atoms with Gasteiger partial charge in [-0.1, -0.05) is 44.0 Å². The van der Waals surface area contributed by atoms with Gasteiger partial charge in [0.05, 0.1) is 6.04 Å². The van der Waals surface area contributed by atoms with Gasteiger partial charge in [0.2, 0.25) is 0 Å². The molecule has 2 aromatic carbocycles. The van der Waals surface area contributed by atoms with Crippen molar-refractivity contribution in [2.24, 2.45) is 0 Å². The van der Waals surface area contributed by atoms with E-state index in [2.05, 4.69) is 37.2 Å². The zero-order chi connectivity index (χ0) is 14.9. The minimum Gasteiger partial charge on any atom is -0.309 e. The van der Waals surface area contributed by atoms with Gasteiger partial charge >= 0.3 is 0 Å². The van der Waals surface area contributed by atoms with Crippen molar-refractivity contribution in [1.29, 1.82) is 0 Å². The summed E-state index contributed by atoms with van der Waals surface area (Å²) in [7, 11) is 1.84. The molecule has 2 aromatic rings. The summed E-state index contributed by atoms with van der Waals surface area (Å²) in [5.41, 5.74) is 3.72. The molecule has 106 valence electrons. The molecule has 0 aliphatic carbocycles. The summed E-state index contributed by atoms with van der Waals surface area (Å²) in [6, 6.07) is 9.21. The van der Waals surface area contributed by atoms with Crippen LogP contribution in [0.3, 0.4) is 0 Å². The Morgan fingerprint density at radius 3 is 2.30 bits per heavy atom. The van der Waals surface area contributed by atoms with Crippen LogP contribution in [-0.2, 0) is 0 Å². The molecular weight excluding hydrogens is 385 g/mol. The fourth-order valence-corrected chi connectivity index (χ4v) is 3.28. The lowest BCUT2D eigenvalue weighted by molar-refractivity contribution is 0.574. The number of hydrogen-bond donors (Lipinski definition) is 1. The molecule has 1 N–H and O–H groups in total. The predicted molar refractivity (Wildman–Crippen MR) is 88.6 cm³/mol. The monoisotopic (exact) mass is 399 g/mol. The largest absolute Gasteiger partial charge is 0.309 e. The van der Waals surface area contributed by atoms with Crippen molar-refractivity contribution in [1.82, 2.24) is 5.32 Å². The van der Waals surface area contributed by atoms with Gasteiger partial charge in [-0.05, 0) is 55.8 Å². The van der Waals surface area contributed by atoms with Crippen LogP contribution < -0.4 is 5.32 Å². The average Bonchev–Trinajstić information content (AvgIpc) is 2.38. The van der Waals surface area contributed by atoms with Crippen LogP contribution in [0.1, 0.15) is 28.3 Å². The first-order chi connectivity index (χ1) is 9.43. The molecule has 1 nitrogen and oxygen atoms in total. The summed E-state index contributed by atoms with van der Waals surface area (Å²) >= 11 is 7.11. The molecule has 0 radical (unpaired) electrons. The van der Waals surface area contributed by atoms with Crippen LogP contribution in [0.2, 0.25) is 0 Å². The average molecular weight is 401 g/mol. The van der Waals surface area contributed by atoms with Gasteiger partial charge in [-0.15, -0.1) is 0 Å². The van der Waals surface area contributed by atoms with Crippen molar-refractivity contribution in [3.8, 4) is 0 Å². The van der Waals surface area contributed by atoms with Crippen LogP contribution in [0.5, 0.6) is 0 Å². The molecule has 4 heteroatoms. The van der Waals surface area contributed by atoms with E-state index in [9.17, 15) is 4.39 Å². The normalized spacial score (nSPS) is 12.5. The summed E-state index contributed by atoms with van der Waals surface area (Å²) in [5, 5.41) is 3.19. The fraction of sp³-hybridized carbons (Fsp3) is 0.250. The van der Waals surface area contributed by atoms with Crippen LogP contribution in [0.4, 0.5) is 4.39 Å². The Hall–Kier alpha value is -0.710. The molecule has 1 unspecified atom stereocenters. The highest BCUT2D eigenvalue weighted by Gasteiger charge is 2.19. The van der Waals surface area contributed by atoms with Gasteiger partial charge in [0, 0.05) is 14.5 Å². The van der Waals surface area contributed by atoms with Crippen molar-refractivity contribution >= 4 is 31.9 Å². The first-order valence-electron chi connectivity index (χ1n) is 6.33. The molecule has 0 aromatic heterocycles. The first kappa shape index (κ1) is 15.7. The number of halogens is 3. The van der Waals surface area contributed by atoms with E-state index in [4.69, 9.17) is 0 Å². The molecule has 0 aliphatic heterocycles. The quantitative estimate of drug-likeness (QED) is 0.739. The zero-order valence-electron chi connectivity index (χ0n) is 11.6. The third kappa shape index (κ3) is 3.13. The van der Waals surface area contributed by atoms with Crippen molar-refractivity contribution in [2.75, 3.05) is 7.05 Å². The van der Waals surface area contributed by atoms with E-state index in [1.807, 2.05) is 45.2 Å². The predicted octanol–water partition coefficient (Wildman–Crippen LogP) is 5.28. The van der Waals surface area contributed by atoms with E-state index in [1.165, 1.54) is 0 Å². The molecule has 0 heterocycles. The van der Waals surface area contributed by atoms with Crippen LogP contribution in [0.15, 0.2) is 39.3 Å². The van der Waals surface area contributed by atoms with Gasteiger partial charge < -0.3 is 5.32 Å². The second kappa shape index (κ2) is 6.37. The van der Waals surface area contributed by atoms with Gasteiger partial charge in [-0.2, -0.15) is 0 Å². The van der Waals surface area contributed by atoms with Crippen LogP contribution in [-0.4, -0.2) is 7.05 Å². The van der Waals surface area contributed by atoms with E-state index >= 15 is 0 Å². The minimum absolute atomic E-state index is 0.187. The molecule has 0 bridgehead atoms. The highest BCUT2D eigenvalue weighted by molar-refractivity contribution is 9.11. The van der Waals surface area contributed by atoms with E-state index in [1.54, 1.807) is 6.07 Å². The lowest BCUT2D eigenvalue weighted by atomic mass is 9.96. The molecule has 0 aliphatic rings. The molecule has 20 heavy (non-hydrogen) atoms. The van der Waals surface area contributed by atoms with E-state index in [-0.39, 0.29) is 11.9 Å². The molecular formula is C16H16Br2FN. The Labute approximate surface area is 135 Å². The van der Waals surface area contributed by atoms with Gasteiger partial charge in [0.15, 0.2) is 0 Å². The van der Waals surface area contributed by atoms with Crippen LogP contribution in [0, 0.1) is 19.7 Å². The third-order valence-electron chi connectivity index (χ3n) is 3.34.